The third-order valence-corrected chi connectivity index (χ3v) is 11.4. The molecule has 3 fully saturated rings. The summed E-state index contributed by atoms with van der Waals surface area (Å²) in [4.78, 5) is 72.7. The molecule has 2 saturated heterocycles. The number of carbonyl (C=O) groups excluding carboxylic acids is 5. The number of likely N-dealkylation sites (tertiary alicyclic amines) is 2. The lowest BCUT2D eigenvalue weighted by atomic mass is 9.89. The lowest BCUT2D eigenvalue weighted by Crippen LogP contribution is -2.60. The van der Waals surface area contributed by atoms with Gasteiger partial charge in [0.05, 0.1) is 50.3 Å². The molecule has 0 spiro atoms. The van der Waals surface area contributed by atoms with Crippen molar-refractivity contribution in [3.63, 3.8) is 0 Å². The van der Waals surface area contributed by atoms with Crippen LogP contribution in [0.4, 0.5) is 4.79 Å². The van der Waals surface area contributed by atoms with Gasteiger partial charge in [-0.3, -0.25) is 24.1 Å². The third-order valence-electron chi connectivity index (χ3n) is 11.4. The summed E-state index contributed by atoms with van der Waals surface area (Å²) in [6.45, 7) is 12.5. The molecular weight excluding hydrogens is 644 g/mol. The normalized spacial score (nSPS) is 25.1. The van der Waals surface area contributed by atoms with E-state index in [1.807, 2.05) is 34.6 Å². The summed E-state index contributed by atoms with van der Waals surface area (Å²) in [6, 6.07) is -2.33. The predicted molar refractivity (Wildman–Crippen MR) is 188 cm³/mol. The maximum Gasteiger partial charge on any atom is 0.410 e. The zero-order chi connectivity index (χ0) is 37.3. The Morgan fingerprint density at radius 1 is 0.960 bits per heavy atom. The maximum absolute atomic E-state index is 14.4. The minimum Gasteiger partial charge on any atom is -0.469 e. The van der Waals surface area contributed by atoms with Crippen LogP contribution >= 0.6 is 0 Å². The lowest BCUT2D eigenvalue weighted by Gasteiger charge is -2.41. The molecule has 2 heterocycles. The number of nitrogens with one attached hydrogen (secondary N) is 1. The molecule has 4 amide bonds. The molecule has 1 aliphatic carbocycles. The molecule has 286 valence electrons. The molecule has 50 heavy (non-hydrogen) atoms. The van der Waals surface area contributed by atoms with Gasteiger partial charge in [0, 0.05) is 33.9 Å². The first-order chi connectivity index (χ1) is 23.8. The molecule has 0 aromatic heterocycles. The van der Waals surface area contributed by atoms with Crippen LogP contribution < -0.4 is 5.32 Å². The van der Waals surface area contributed by atoms with E-state index in [1.165, 1.54) is 7.11 Å². The molecule has 13 nitrogen and oxygen atoms in total. The Labute approximate surface area is 299 Å². The first-order valence-electron chi connectivity index (χ1n) is 18.7. The molecule has 3 rings (SSSR count). The number of likely N-dealkylation sites (N-methyl/N-ethyl adjacent to an activating group) is 1. The topological polar surface area (TPSA) is 144 Å². The zero-order valence-corrected chi connectivity index (χ0v) is 32.1. The van der Waals surface area contributed by atoms with E-state index in [4.69, 9.17) is 18.9 Å². The van der Waals surface area contributed by atoms with E-state index in [1.54, 1.807) is 42.9 Å². The van der Waals surface area contributed by atoms with Gasteiger partial charge in [0.2, 0.25) is 17.7 Å². The van der Waals surface area contributed by atoms with Gasteiger partial charge in [-0.2, -0.15) is 0 Å². The highest BCUT2D eigenvalue weighted by Gasteiger charge is 2.53. The Balaban J connectivity index is 1.79. The summed E-state index contributed by atoms with van der Waals surface area (Å²) in [6.07, 6.45) is 4.72. The Kier molecular flexibility index (Phi) is 15.8. The minimum absolute atomic E-state index is 0.0267. The van der Waals surface area contributed by atoms with Crippen molar-refractivity contribution in [2.24, 2.45) is 23.7 Å². The summed E-state index contributed by atoms with van der Waals surface area (Å²) < 4.78 is 22.2. The quantitative estimate of drug-likeness (QED) is 0.165. The second-order valence-electron chi connectivity index (χ2n) is 14.9. The van der Waals surface area contributed by atoms with Crippen molar-refractivity contribution in [3.05, 3.63) is 0 Å². The Morgan fingerprint density at radius 2 is 1.66 bits per heavy atom. The van der Waals surface area contributed by atoms with Gasteiger partial charge in [-0.05, 0) is 63.2 Å². The van der Waals surface area contributed by atoms with Crippen molar-refractivity contribution >= 4 is 29.8 Å². The molecular formula is C37H64N4O9. The molecule has 3 aliphatic rings. The summed E-state index contributed by atoms with van der Waals surface area (Å²) in [5.41, 5.74) is 0. The standard InChI is InChI=1S/C37H64N4O9/c1-11-13-19-50-37(46)41-26-17-16-25(20-26)32(41)34(43)38-30(22(3)4)35(44)39(7)31(23(5)12-2)28(47-8)21-29(42)40-18-14-15-27(40)33(48-9)24(6)36(45)49-10/h22-28,30-33H,11-21H2,1-10H3,(H,38,43)/t23-,24+,25?,26?,27?,28+,30?,31-,32?,33+/m0/s1. The van der Waals surface area contributed by atoms with E-state index in [0.29, 0.717) is 19.6 Å². The number of ether oxygens (including phenoxy) is 4. The molecule has 5 unspecified atom stereocenters. The Bertz CT molecular complexity index is 1170. The van der Waals surface area contributed by atoms with Crippen molar-refractivity contribution < 1.29 is 42.9 Å². The lowest BCUT2D eigenvalue weighted by molar-refractivity contribution is -0.154. The SMILES string of the molecule is CCCCOC(=O)N1C2CCC(C2)C1C(=O)NC(C(=O)N(C)[C@@H]([C@@H](C)CC)[C@@H](CC(=O)N1CCCC1[C@H](OC)[C@@H](C)C(=O)OC)OC)C(C)C. The molecule has 2 aliphatic heterocycles. The van der Waals surface area contributed by atoms with E-state index in [0.717, 1.165) is 44.9 Å². The number of unbranched alkanes of at least 4 members (excludes halogenated alkanes) is 1. The van der Waals surface area contributed by atoms with Crippen LogP contribution in [0.25, 0.3) is 0 Å². The summed E-state index contributed by atoms with van der Waals surface area (Å²) in [5, 5.41) is 3.03. The van der Waals surface area contributed by atoms with Gasteiger partial charge < -0.3 is 34.1 Å². The van der Waals surface area contributed by atoms with E-state index >= 15 is 0 Å². The van der Waals surface area contributed by atoms with Crippen molar-refractivity contribution in [1.29, 1.82) is 0 Å². The average molecular weight is 709 g/mol. The van der Waals surface area contributed by atoms with Gasteiger partial charge in [-0.15, -0.1) is 0 Å². The molecule has 0 aromatic carbocycles. The van der Waals surface area contributed by atoms with Crippen LogP contribution in [-0.4, -0.2) is 128 Å². The number of fused-ring (bicyclic) bond motifs is 2. The first kappa shape index (κ1) is 41.5. The van der Waals surface area contributed by atoms with Crippen molar-refractivity contribution in [2.45, 2.75) is 142 Å². The number of nitrogens with zero attached hydrogens (tertiary/aromatic N) is 3. The molecule has 10 atom stereocenters. The van der Waals surface area contributed by atoms with Crippen molar-refractivity contribution in [1.82, 2.24) is 20.0 Å². The van der Waals surface area contributed by atoms with Crippen LogP contribution in [-0.2, 0) is 38.1 Å². The second kappa shape index (κ2) is 19.1. The van der Waals surface area contributed by atoms with Crippen LogP contribution in [0.1, 0.15) is 99.3 Å². The molecule has 13 heteroatoms. The number of hydrogen-bond acceptors (Lipinski definition) is 9. The maximum atomic E-state index is 14.4. The van der Waals surface area contributed by atoms with E-state index < -0.39 is 48.3 Å². The second-order valence-corrected chi connectivity index (χ2v) is 14.9. The van der Waals surface area contributed by atoms with Gasteiger partial charge >= 0.3 is 12.1 Å². The molecule has 1 N–H and O–H groups in total. The van der Waals surface area contributed by atoms with Crippen LogP contribution in [0.2, 0.25) is 0 Å². The van der Waals surface area contributed by atoms with Crippen molar-refractivity contribution in [2.75, 3.05) is 41.5 Å². The molecule has 2 bridgehead atoms. The fourth-order valence-electron chi connectivity index (χ4n) is 8.42. The number of piperidine rings is 1. The number of rotatable bonds is 18. The van der Waals surface area contributed by atoms with Crippen LogP contribution in [0.15, 0.2) is 0 Å². The monoisotopic (exact) mass is 708 g/mol. The summed E-state index contributed by atoms with van der Waals surface area (Å²) in [7, 11) is 6.15. The van der Waals surface area contributed by atoms with Crippen molar-refractivity contribution in [3.8, 4) is 0 Å². The average Bonchev–Trinajstić information content (AvgIpc) is 3.87. The summed E-state index contributed by atoms with van der Waals surface area (Å²) >= 11 is 0. The Morgan fingerprint density at radius 3 is 2.24 bits per heavy atom. The highest BCUT2D eigenvalue weighted by molar-refractivity contribution is 5.92. The van der Waals surface area contributed by atoms with E-state index in [-0.39, 0.29) is 54.0 Å². The summed E-state index contributed by atoms with van der Waals surface area (Å²) in [5.74, 6) is -1.96. The van der Waals surface area contributed by atoms with E-state index in [9.17, 15) is 24.0 Å². The van der Waals surface area contributed by atoms with Gasteiger partial charge in [0.15, 0.2) is 0 Å². The van der Waals surface area contributed by atoms with Gasteiger partial charge in [0.25, 0.3) is 0 Å². The number of methoxy groups -OCH3 is 3. The fraction of sp³-hybridized carbons (Fsp3) is 0.865. The number of amides is 4. The van der Waals surface area contributed by atoms with Gasteiger partial charge in [-0.1, -0.05) is 47.5 Å². The van der Waals surface area contributed by atoms with E-state index in [2.05, 4.69) is 5.32 Å². The van der Waals surface area contributed by atoms with Crippen LogP contribution in [0.5, 0.6) is 0 Å². The first-order valence-corrected chi connectivity index (χ1v) is 18.7. The third kappa shape index (κ3) is 9.29. The largest absolute Gasteiger partial charge is 0.469 e. The number of esters is 1. The molecule has 0 radical (unpaired) electrons. The van der Waals surface area contributed by atoms with Gasteiger partial charge in [-0.25, -0.2) is 4.79 Å². The number of hydrogen-bond donors (Lipinski definition) is 1. The number of carbonyl (C=O) groups is 5. The fourth-order valence-corrected chi connectivity index (χ4v) is 8.42. The predicted octanol–water partition coefficient (Wildman–Crippen LogP) is 4.01. The van der Waals surface area contributed by atoms with Gasteiger partial charge in [0.1, 0.15) is 12.1 Å². The molecule has 1 saturated carbocycles. The van der Waals surface area contributed by atoms with Crippen LogP contribution in [0, 0.1) is 23.7 Å². The van der Waals surface area contributed by atoms with Crippen LogP contribution in [0.3, 0.4) is 0 Å². The Hall–Kier alpha value is -2.93. The smallest absolute Gasteiger partial charge is 0.410 e. The highest BCUT2D eigenvalue weighted by atomic mass is 16.6. The minimum atomic E-state index is -0.852. The molecule has 0 aromatic rings. The highest BCUT2D eigenvalue weighted by Crippen LogP contribution is 2.43. The zero-order valence-electron chi connectivity index (χ0n) is 32.1.